The molecule has 0 aliphatic rings. The number of benzene rings is 1. The quantitative estimate of drug-likeness (QED) is 0.906. The van der Waals surface area contributed by atoms with Gasteiger partial charge in [-0.25, -0.2) is 9.37 Å². The van der Waals surface area contributed by atoms with Crippen LogP contribution in [0.1, 0.15) is 24.5 Å². The molecule has 0 saturated carbocycles. The third kappa shape index (κ3) is 3.78. The fourth-order valence-corrected chi connectivity index (χ4v) is 1.90. The van der Waals surface area contributed by atoms with Crippen molar-refractivity contribution in [3.8, 4) is 11.6 Å². The van der Waals surface area contributed by atoms with Gasteiger partial charge in [0.25, 0.3) is 0 Å². The maximum atomic E-state index is 12.8. The molecule has 20 heavy (non-hydrogen) atoms. The summed E-state index contributed by atoms with van der Waals surface area (Å²) in [6.07, 6.45) is 3.52. The number of nitrogens with zero attached hydrogens (tertiary/aromatic N) is 1. The molecule has 0 amide bonds. The first-order chi connectivity index (χ1) is 9.58. The number of hydrogen-bond donors (Lipinski definition) is 1. The molecule has 1 heterocycles. The van der Waals surface area contributed by atoms with Gasteiger partial charge in [-0.05, 0) is 55.7 Å². The zero-order chi connectivity index (χ0) is 14.5. The van der Waals surface area contributed by atoms with Crippen LogP contribution in [0.3, 0.4) is 0 Å². The molecule has 1 aromatic carbocycles. The first-order valence-corrected chi connectivity index (χ1v) is 6.73. The van der Waals surface area contributed by atoms with Gasteiger partial charge in [-0.3, -0.25) is 0 Å². The minimum atomic E-state index is -0.286. The van der Waals surface area contributed by atoms with Gasteiger partial charge in [-0.1, -0.05) is 6.92 Å². The van der Waals surface area contributed by atoms with Gasteiger partial charge in [0.2, 0.25) is 5.88 Å². The Morgan fingerprint density at radius 1 is 1.30 bits per heavy atom. The monoisotopic (exact) mass is 274 g/mol. The maximum Gasteiger partial charge on any atom is 0.222 e. The second kappa shape index (κ2) is 6.48. The highest BCUT2D eigenvalue weighted by Gasteiger charge is 2.07. The molecule has 0 bridgehead atoms. The zero-order valence-electron chi connectivity index (χ0n) is 11.8. The number of aromatic nitrogens is 1. The molecule has 1 atom stereocenters. The van der Waals surface area contributed by atoms with E-state index < -0.39 is 0 Å². The van der Waals surface area contributed by atoms with Crippen LogP contribution >= 0.6 is 0 Å². The Hall–Kier alpha value is -1.94. The van der Waals surface area contributed by atoms with Crippen LogP contribution in [0.15, 0.2) is 36.5 Å². The minimum absolute atomic E-state index is 0.153. The van der Waals surface area contributed by atoms with Crippen LogP contribution in [0.2, 0.25) is 0 Å². The largest absolute Gasteiger partial charge is 0.439 e. The predicted octanol–water partition coefficient (Wildman–Crippen LogP) is 3.60. The van der Waals surface area contributed by atoms with E-state index in [4.69, 9.17) is 10.5 Å². The molecule has 0 fully saturated rings. The highest BCUT2D eigenvalue weighted by Crippen LogP contribution is 2.23. The Morgan fingerprint density at radius 2 is 2.00 bits per heavy atom. The van der Waals surface area contributed by atoms with Crippen molar-refractivity contribution < 1.29 is 9.13 Å². The summed E-state index contributed by atoms with van der Waals surface area (Å²) >= 11 is 0. The van der Waals surface area contributed by atoms with Crippen molar-refractivity contribution >= 4 is 0 Å². The molecule has 2 aromatic rings. The van der Waals surface area contributed by atoms with E-state index in [1.54, 1.807) is 18.3 Å². The fraction of sp³-hybridized carbons (Fsp3) is 0.312. The molecule has 3 nitrogen and oxygen atoms in total. The van der Waals surface area contributed by atoms with Crippen LogP contribution in [0, 0.1) is 12.7 Å². The third-order valence-corrected chi connectivity index (χ3v) is 3.14. The summed E-state index contributed by atoms with van der Waals surface area (Å²) in [5.41, 5.74) is 7.98. The van der Waals surface area contributed by atoms with Gasteiger partial charge in [0, 0.05) is 17.8 Å². The Morgan fingerprint density at radius 3 is 2.60 bits per heavy atom. The Bertz CT molecular complexity index is 569. The van der Waals surface area contributed by atoms with E-state index in [2.05, 4.69) is 11.9 Å². The van der Waals surface area contributed by atoms with Crippen LogP contribution in [0.25, 0.3) is 0 Å². The Kier molecular flexibility index (Phi) is 4.69. The van der Waals surface area contributed by atoms with Gasteiger partial charge in [-0.2, -0.15) is 0 Å². The van der Waals surface area contributed by atoms with Crippen LogP contribution in [-0.2, 0) is 6.42 Å². The first-order valence-electron chi connectivity index (χ1n) is 6.73. The van der Waals surface area contributed by atoms with Gasteiger partial charge in [0.15, 0.2) is 0 Å². The summed E-state index contributed by atoms with van der Waals surface area (Å²) in [5, 5.41) is 0. The van der Waals surface area contributed by atoms with Crippen molar-refractivity contribution in [3.63, 3.8) is 0 Å². The van der Waals surface area contributed by atoms with E-state index in [1.165, 1.54) is 12.1 Å². The highest BCUT2D eigenvalue weighted by atomic mass is 19.1. The second-order valence-corrected chi connectivity index (χ2v) is 4.89. The van der Waals surface area contributed by atoms with E-state index in [1.807, 2.05) is 13.0 Å². The molecule has 0 aliphatic carbocycles. The first kappa shape index (κ1) is 14.5. The van der Waals surface area contributed by atoms with Crippen molar-refractivity contribution in [3.05, 3.63) is 53.5 Å². The molecule has 1 unspecified atom stereocenters. The second-order valence-electron chi connectivity index (χ2n) is 4.89. The summed E-state index contributed by atoms with van der Waals surface area (Å²) in [6.45, 7) is 4.00. The maximum absolute atomic E-state index is 12.8. The number of pyridine rings is 1. The van der Waals surface area contributed by atoms with E-state index >= 15 is 0 Å². The van der Waals surface area contributed by atoms with E-state index in [0.717, 1.165) is 24.0 Å². The molecular weight excluding hydrogens is 255 g/mol. The Labute approximate surface area is 118 Å². The Balaban J connectivity index is 2.11. The van der Waals surface area contributed by atoms with Crippen molar-refractivity contribution in [2.45, 2.75) is 32.7 Å². The van der Waals surface area contributed by atoms with Crippen molar-refractivity contribution in [1.82, 2.24) is 4.98 Å². The van der Waals surface area contributed by atoms with Crippen molar-refractivity contribution in [2.75, 3.05) is 0 Å². The SMILES string of the molecule is CCC(N)Cc1cnc(Oc2ccc(F)cc2)c(C)c1. The zero-order valence-corrected chi connectivity index (χ0v) is 11.8. The van der Waals surface area contributed by atoms with Gasteiger partial charge in [0.1, 0.15) is 11.6 Å². The molecule has 0 radical (unpaired) electrons. The molecule has 106 valence electrons. The third-order valence-electron chi connectivity index (χ3n) is 3.14. The van der Waals surface area contributed by atoms with Crippen LogP contribution in [0.4, 0.5) is 4.39 Å². The van der Waals surface area contributed by atoms with Gasteiger partial charge < -0.3 is 10.5 Å². The van der Waals surface area contributed by atoms with Gasteiger partial charge in [-0.15, -0.1) is 0 Å². The molecule has 0 spiro atoms. The average Bonchev–Trinajstić information content (AvgIpc) is 2.44. The number of ether oxygens (including phenoxy) is 1. The lowest BCUT2D eigenvalue weighted by Crippen LogP contribution is -2.21. The molecule has 0 saturated heterocycles. The molecule has 2 rings (SSSR count). The lowest BCUT2D eigenvalue weighted by atomic mass is 10.1. The van der Waals surface area contributed by atoms with Crippen LogP contribution < -0.4 is 10.5 Å². The molecule has 1 aromatic heterocycles. The topological polar surface area (TPSA) is 48.1 Å². The van der Waals surface area contributed by atoms with E-state index in [-0.39, 0.29) is 11.9 Å². The smallest absolute Gasteiger partial charge is 0.222 e. The molecule has 2 N–H and O–H groups in total. The average molecular weight is 274 g/mol. The summed E-state index contributed by atoms with van der Waals surface area (Å²) in [5.74, 6) is 0.816. The summed E-state index contributed by atoms with van der Waals surface area (Å²) in [6, 6.07) is 8.06. The lowest BCUT2D eigenvalue weighted by molar-refractivity contribution is 0.456. The molecule has 0 aliphatic heterocycles. The number of halogens is 1. The fourth-order valence-electron chi connectivity index (χ4n) is 1.90. The number of hydrogen-bond acceptors (Lipinski definition) is 3. The summed E-state index contributed by atoms with van der Waals surface area (Å²) in [7, 11) is 0. The van der Waals surface area contributed by atoms with Gasteiger partial charge >= 0.3 is 0 Å². The number of rotatable bonds is 5. The van der Waals surface area contributed by atoms with E-state index in [0.29, 0.717) is 11.6 Å². The van der Waals surface area contributed by atoms with Crippen molar-refractivity contribution in [2.24, 2.45) is 5.73 Å². The number of aryl methyl sites for hydroxylation is 1. The molecule has 4 heteroatoms. The van der Waals surface area contributed by atoms with Crippen molar-refractivity contribution in [1.29, 1.82) is 0 Å². The standard InChI is InChI=1S/C16H19FN2O/c1-3-14(18)9-12-8-11(2)16(19-10-12)20-15-6-4-13(17)5-7-15/h4-8,10,14H,3,9,18H2,1-2H3. The highest BCUT2D eigenvalue weighted by molar-refractivity contribution is 5.34. The van der Waals surface area contributed by atoms with Crippen LogP contribution in [-0.4, -0.2) is 11.0 Å². The van der Waals surface area contributed by atoms with Crippen LogP contribution in [0.5, 0.6) is 11.6 Å². The minimum Gasteiger partial charge on any atom is -0.439 e. The summed E-state index contributed by atoms with van der Waals surface area (Å²) < 4.78 is 18.5. The summed E-state index contributed by atoms with van der Waals surface area (Å²) in [4.78, 5) is 4.31. The normalized spacial score (nSPS) is 12.2. The molecular formula is C16H19FN2O. The lowest BCUT2D eigenvalue weighted by Gasteiger charge is -2.11. The van der Waals surface area contributed by atoms with Gasteiger partial charge in [0.05, 0.1) is 0 Å². The predicted molar refractivity (Wildman–Crippen MR) is 77.4 cm³/mol. The van der Waals surface area contributed by atoms with E-state index in [9.17, 15) is 4.39 Å². The number of nitrogens with two attached hydrogens (primary N) is 1.